The van der Waals surface area contributed by atoms with Gasteiger partial charge in [0.15, 0.2) is 0 Å². The van der Waals surface area contributed by atoms with Crippen molar-refractivity contribution in [1.29, 1.82) is 0 Å². The van der Waals surface area contributed by atoms with Crippen molar-refractivity contribution >= 4 is 41.1 Å². The molecule has 14 heteroatoms. The van der Waals surface area contributed by atoms with Crippen molar-refractivity contribution in [2.45, 2.75) is 92.0 Å². The first-order valence-corrected chi connectivity index (χ1v) is 17.2. The lowest BCUT2D eigenvalue weighted by Crippen LogP contribution is -2.57. The van der Waals surface area contributed by atoms with Gasteiger partial charge in [-0.25, -0.2) is 9.78 Å². The van der Waals surface area contributed by atoms with Crippen molar-refractivity contribution in [3.63, 3.8) is 0 Å². The average Bonchev–Trinajstić information content (AvgIpc) is 3.43. The molecule has 1 aromatic heterocycles. The van der Waals surface area contributed by atoms with Crippen molar-refractivity contribution in [2.75, 3.05) is 13.1 Å². The number of hydrogen-bond donors (Lipinski definition) is 7. The largest absolute Gasteiger partial charge is 0.465 e. The highest BCUT2D eigenvalue weighted by Crippen LogP contribution is 2.17. The van der Waals surface area contributed by atoms with Crippen LogP contribution in [0.15, 0.2) is 35.7 Å². The van der Waals surface area contributed by atoms with E-state index in [1.165, 1.54) is 11.3 Å². The number of carboxylic acid groups (broad SMARTS) is 1. The summed E-state index contributed by atoms with van der Waals surface area (Å²) in [4.78, 5) is 68.4. The molecular formula is C34H52N6O7S. The van der Waals surface area contributed by atoms with E-state index < -0.39 is 66.4 Å². The molecule has 0 radical (unpaired) electrons. The van der Waals surface area contributed by atoms with Gasteiger partial charge in [0.25, 0.3) is 0 Å². The van der Waals surface area contributed by atoms with Gasteiger partial charge in [-0.3, -0.25) is 19.2 Å². The molecule has 0 spiro atoms. The van der Waals surface area contributed by atoms with Gasteiger partial charge in [0, 0.05) is 35.9 Å². The number of nitrogens with zero attached hydrogens (tertiary/aromatic N) is 1. The second-order valence-corrected chi connectivity index (χ2v) is 14.1. The molecule has 7 N–H and O–H groups in total. The van der Waals surface area contributed by atoms with Crippen molar-refractivity contribution in [1.82, 2.24) is 31.6 Å². The van der Waals surface area contributed by atoms with E-state index in [9.17, 15) is 34.2 Å². The third kappa shape index (κ3) is 14.0. The number of nitrogens with one attached hydrogen (secondary N) is 5. The Bertz CT molecular complexity index is 1350. The van der Waals surface area contributed by atoms with Crippen molar-refractivity contribution in [2.24, 2.45) is 23.7 Å². The lowest BCUT2D eigenvalue weighted by molar-refractivity contribution is -0.133. The molecule has 13 nitrogen and oxygen atoms in total. The normalized spacial score (nSPS) is 15.0. The van der Waals surface area contributed by atoms with Gasteiger partial charge in [-0.05, 0) is 37.2 Å². The molecule has 0 aliphatic heterocycles. The van der Waals surface area contributed by atoms with E-state index in [0.29, 0.717) is 13.0 Å². The highest BCUT2D eigenvalue weighted by Gasteiger charge is 2.32. The summed E-state index contributed by atoms with van der Waals surface area (Å²) >= 11 is 1.43. The Morgan fingerprint density at radius 3 is 2.00 bits per heavy atom. The Kier molecular flexibility index (Phi) is 16.5. The number of amides is 5. The van der Waals surface area contributed by atoms with Crippen LogP contribution in [0.2, 0.25) is 0 Å². The number of carbonyl (C=O) groups excluding carboxylic acids is 4. The van der Waals surface area contributed by atoms with E-state index in [2.05, 4.69) is 31.6 Å². The lowest BCUT2D eigenvalue weighted by Gasteiger charge is -2.29. The molecule has 6 atom stereocenters. The van der Waals surface area contributed by atoms with Crippen LogP contribution in [0.25, 0.3) is 0 Å². The van der Waals surface area contributed by atoms with E-state index in [1.807, 2.05) is 70.3 Å². The van der Waals surface area contributed by atoms with Gasteiger partial charge in [-0.15, -0.1) is 11.3 Å². The summed E-state index contributed by atoms with van der Waals surface area (Å²) in [7, 11) is 0. The number of aromatic nitrogens is 1. The van der Waals surface area contributed by atoms with Crippen LogP contribution >= 0.6 is 11.3 Å². The minimum atomic E-state index is -1.37. The summed E-state index contributed by atoms with van der Waals surface area (Å²) in [5.41, 5.74) is 1.64. The highest BCUT2D eigenvalue weighted by atomic mass is 32.1. The maximum absolute atomic E-state index is 13.6. The molecule has 0 aliphatic carbocycles. The molecule has 0 unspecified atom stereocenters. The minimum Gasteiger partial charge on any atom is -0.465 e. The molecule has 2 rings (SSSR count). The molecule has 0 saturated heterocycles. The number of aryl methyl sites for hydroxylation is 1. The van der Waals surface area contributed by atoms with E-state index in [1.54, 1.807) is 13.8 Å². The van der Waals surface area contributed by atoms with Gasteiger partial charge < -0.3 is 36.8 Å². The molecule has 0 aliphatic rings. The van der Waals surface area contributed by atoms with Gasteiger partial charge in [-0.1, -0.05) is 71.9 Å². The van der Waals surface area contributed by atoms with E-state index >= 15 is 0 Å². The second-order valence-electron chi connectivity index (χ2n) is 13.1. The third-order valence-corrected chi connectivity index (χ3v) is 8.74. The number of aliphatic hydroxyl groups excluding tert-OH is 1. The fourth-order valence-corrected chi connectivity index (χ4v) is 5.78. The quantitative estimate of drug-likeness (QED) is 0.117. The molecule has 1 heterocycles. The van der Waals surface area contributed by atoms with Crippen LogP contribution in [0.4, 0.5) is 4.79 Å². The number of aliphatic hydroxyl groups is 1. The molecule has 1 aromatic carbocycles. The lowest BCUT2D eigenvalue weighted by atomic mass is 9.92. The number of carbonyl (C=O) groups is 5. The Morgan fingerprint density at radius 2 is 1.44 bits per heavy atom. The number of hydrogen-bond acceptors (Lipinski definition) is 8. The Hall–Kier alpha value is -4.04. The summed E-state index contributed by atoms with van der Waals surface area (Å²) in [6.07, 6.45) is -2.08. The highest BCUT2D eigenvalue weighted by molar-refractivity contribution is 7.09. The summed E-state index contributed by atoms with van der Waals surface area (Å²) < 4.78 is 0. The van der Waals surface area contributed by atoms with Crippen molar-refractivity contribution in [3.8, 4) is 0 Å². The van der Waals surface area contributed by atoms with Gasteiger partial charge >= 0.3 is 6.09 Å². The first-order chi connectivity index (χ1) is 22.6. The van der Waals surface area contributed by atoms with E-state index in [-0.39, 0.29) is 30.6 Å². The molecule has 0 saturated carbocycles. The smallest absolute Gasteiger partial charge is 0.404 e. The molecule has 0 bridgehead atoms. The van der Waals surface area contributed by atoms with Crippen LogP contribution in [0, 0.1) is 30.6 Å². The maximum atomic E-state index is 13.6. The average molecular weight is 689 g/mol. The minimum absolute atomic E-state index is 0.0449. The summed E-state index contributed by atoms with van der Waals surface area (Å²) in [6.45, 7) is 12.9. The number of benzene rings is 1. The molecule has 0 fully saturated rings. The van der Waals surface area contributed by atoms with E-state index in [0.717, 1.165) is 16.3 Å². The Balaban J connectivity index is 2.19. The van der Waals surface area contributed by atoms with E-state index in [4.69, 9.17) is 0 Å². The predicted molar refractivity (Wildman–Crippen MR) is 184 cm³/mol. The summed E-state index contributed by atoms with van der Waals surface area (Å²) in [5.74, 6) is -3.08. The summed E-state index contributed by atoms with van der Waals surface area (Å²) in [5, 5.41) is 36.5. The Morgan fingerprint density at radius 1 is 0.792 bits per heavy atom. The SMILES string of the molecule is Cc1csc(C[C@H](C)C(=O)N[C@@H](CNC(=O)O)C(=O)N[C@@H](Cc2ccccc2)[C@@H](O)C[C@@H](C)C(=O)N[C@H](C(=O)NCC(C)C)C(C)C)n1. The third-order valence-electron chi connectivity index (χ3n) is 7.75. The monoisotopic (exact) mass is 688 g/mol. The van der Waals surface area contributed by atoms with Gasteiger partial charge in [0.2, 0.25) is 23.6 Å². The van der Waals surface area contributed by atoms with Gasteiger partial charge in [-0.2, -0.15) is 0 Å². The zero-order chi connectivity index (χ0) is 36.0. The van der Waals surface area contributed by atoms with Gasteiger partial charge in [0.05, 0.1) is 23.7 Å². The zero-order valence-corrected chi connectivity index (χ0v) is 29.7. The van der Waals surface area contributed by atoms with Crippen LogP contribution in [0.5, 0.6) is 0 Å². The molecule has 5 amide bonds. The first-order valence-electron chi connectivity index (χ1n) is 16.4. The van der Waals surface area contributed by atoms with Crippen LogP contribution < -0.4 is 26.6 Å². The predicted octanol–water partition coefficient (Wildman–Crippen LogP) is 2.41. The Labute approximate surface area is 287 Å². The van der Waals surface area contributed by atoms with Crippen molar-refractivity contribution < 1.29 is 34.2 Å². The topological polar surface area (TPSA) is 199 Å². The van der Waals surface area contributed by atoms with Crippen LogP contribution in [-0.2, 0) is 32.0 Å². The zero-order valence-electron chi connectivity index (χ0n) is 28.9. The molecule has 266 valence electrons. The van der Waals surface area contributed by atoms with Crippen LogP contribution in [-0.4, -0.2) is 82.2 Å². The second kappa shape index (κ2) is 19.7. The number of rotatable bonds is 19. The molecular weight excluding hydrogens is 636 g/mol. The molecule has 48 heavy (non-hydrogen) atoms. The fraction of sp³-hybridized carbons (Fsp3) is 0.588. The van der Waals surface area contributed by atoms with Gasteiger partial charge in [0.1, 0.15) is 12.1 Å². The van der Waals surface area contributed by atoms with Crippen LogP contribution in [0.3, 0.4) is 0 Å². The number of thiazole rings is 1. The summed E-state index contributed by atoms with van der Waals surface area (Å²) in [6, 6.07) is 6.19. The fourth-order valence-electron chi connectivity index (χ4n) is 4.88. The molecule has 2 aromatic rings. The standard InChI is InChI=1S/C34H52N6O7S/c1-19(2)16-35-33(45)29(20(3)4)40-31(43)21(5)13-27(41)25(15-24-11-9-8-10-12-24)38-32(44)26(17-36-34(46)47)39-30(42)22(6)14-28-37-23(7)18-48-28/h8-12,18-22,25-27,29,36,41H,13-17H2,1-7H3,(H,35,45)(H,38,44)(H,39,42)(H,40,43)(H,46,47)/t21-,22+,25+,26+,27+,29+/m1/s1. The van der Waals surface area contributed by atoms with Crippen molar-refractivity contribution in [3.05, 3.63) is 52.0 Å². The van der Waals surface area contributed by atoms with Crippen LogP contribution in [0.1, 0.15) is 64.2 Å². The maximum Gasteiger partial charge on any atom is 0.404 e. The first kappa shape index (κ1) is 40.1.